The monoisotopic (exact) mass is 365 g/mol. The van der Waals surface area contributed by atoms with Gasteiger partial charge in [-0.05, 0) is 56.2 Å². The predicted octanol–water partition coefficient (Wildman–Crippen LogP) is 6.19. The molecule has 0 radical (unpaired) electrons. The summed E-state index contributed by atoms with van der Waals surface area (Å²) >= 11 is 0. The van der Waals surface area contributed by atoms with E-state index in [0.717, 1.165) is 11.1 Å². The zero-order valence-electron chi connectivity index (χ0n) is 16.2. The highest BCUT2D eigenvalue weighted by Crippen LogP contribution is 2.39. The van der Waals surface area contributed by atoms with Crippen molar-refractivity contribution < 1.29 is 9.53 Å². The van der Waals surface area contributed by atoms with E-state index in [1.807, 2.05) is 69.3 Å². The van der Waals surface area contributed by atoms with Crippen LogP contribution < -0.4 is 0 Å². The summed E-state index contributed by atoms with van der Waals surface area (Å²) in [6.45, 7) is 6.00. The minimum atomic E-state index is -0.631. The van der Waals surface area contributed by atoms with Crippen LogP contribution in [-0.2, 0) is 9.53 Å². The number of nitrogens with zero attached hydrogens (tertiary/aromatic N) is 3. The van der Waals surface area contributed by atoms with E-state index in [4.69, 9.17) is 10.3 Å². The van der Waals surface area contributed by atoms with Gasteiger partial charge >= 0.3 is 5.97 Å². The number of azide groups is 1. The molecule has 0 heterocycles. The zero-order valence-corrected chi connectivity index (χ0v) is 16.2. The van der Waals surface area contributed by atoms with Crippen LogP contribution in [0.15, 0.2) is 65.8 Å². The van der Waals surface area contributed by atoms with E-state index in [9.17, 15) is 4.79 Å². The molecule has 2 aromatic rings. The number of benzene rings is 2. The second kappa shape index (κ2) is 9.79. The standard InChI is InChI=1S/C22H27N3O2/c1-4-27-21(26)22(2,3)16-19(17-11-7-5-8-12-17)15-20(24-25-23)18-13-9-6-10-14-18/h5-14,19-20H,4,15-16H2,1-3H3. The highest BCUT2D eigenvalue weighted by atomic mass is 16.5. The number of hydrogen-bond acceptors (Lipinski definition) is 3. The first-order valence-corrected chi connectivity index (χ1v) is 9.29. The largest absolute Gasteiger partial charge is 0.466 e. The van der Waals surface area contributed by atoms with Crippen LogP contribution in [0.5, 0.6) is 0 Å². The lowest BCUT2D eigenvalue weighted by Gasteiger charge is -2.29. The van der Waals surface area contributed by atoms with E-state index in [-0.39, 0.29) is 17.9 Å². The first kappa shape index (κ1) is 20.5. The Bertz CT molecular complexity index is 769. The number of hydrogen-bond donors (Lipinski definition) is 0. The van der Waals surface area contributed by atoms with Gasteiger partial charge in [0.25, 0.3) is 0 Å². The molecule has 2 aromatic carbocycles. The van der Waals surface area contributed by atoms with Crippen LogP contribution in [0, 0.1) is 5.41 Å². The molecule has 27 heavy (non-hydrogen) atoms. The van der Waals surface area contributed by atoms with Gasteiger partial charge in [-0.3, -0.25) is 4.79 Å². The normalized spacial score (nSPS) is 13.3. The summed E-state index contributed by atoms with van der Waals surface area (Å²) in [6, 6.07) is 19.5. The van der Waals surface area contributed by atoms with Gasteiger partial charge in [-0.15, -0.1) is 0 Å². The van der Waals surface area contributed by atoms with E-state index < -0.39 is 5.41 Å². The summed E-state index contributed by atoms with van der Waals surface area (Å²) in [4.78, 5) is 15.5. The molecule has 0 aromatic heterocycles. The summed E-state index contributed by atoms with van der Waals surface area (Å²) in [5.74, 6) is -0.146. The third-order valence-electron chi connectivity index (χ3n) is 4.74. The maximum absolute atomic E-state index is 12.4. The van der Waals surface area contributed by atoms with Gasteiger partial charge in [0.2, 0.25) is 0 Å². The Kier molecular flexibility index (Phi) is 7.44. The van der Waals surface area contributed by atoms with Gasteiger partial charge in [0.1, 0.15) is 0 Å². The van der Waals surface area contributed by atoms with Gasteiger partial charge < -0.3 is 4.74 Å². The maximum Gasteiger partial charge on any atom is 0.311 e. The fourth-order valence-corrected chi connectivity index (χ4v) is 3.35. The molecule has 5 heteroatoms. The molecule has 2 rings (SSSR count). The molecule has 0 aliphatic carbocycles. The van der Waals surface area contributed by atoms with Crippen LogP contribution in [0.4, 0.5) is 0 Å². The van der Waals surface area contributed by atoms with Gasteiger partial charge in [0.15, 0.2) is 0 Å². The van der Waals surface area contributed by atoms with E-state index in [0.29, 0.717) is 19.4 Å². The third-order valence-corrected chi connectivity index (χ3v) is 4.74. The smallest absolute Gasteiger partial charge is 0.311 e. The Morgan fingerprint density at radius 3 is 2.15 bits per heavy atom. The number of rotatable bonds is 9. The first-order chi connectivity index (χ1) is 13.0. The Balaban J connectivity index is 2.32. The molecule has 142 valence electrons. The molecule has 2 unspecified atom stereocenters. The summed E-state index contributed by atoms with van der Waals surface area (Å²) in [5.41, 5.74) is 10.5. The Morgan fingerprint density at radius 2 is 1.63 bits per heavy atom. The summed E-state index contributed by atoms with van der Waals surface area (Å²) in [7, 11) is 0. The minimum absolute atomic E-state index is 0.0568. The lowest BCUT2D eigenvalue weighted by Crippen LogP contribution is -2.29. The molecular weight excluding hydrogens is 338 g/mol. The van der Waals surface area contributed by atoms with Crippen LogP contribution in [-0.4, -0.2) is 12.6 Å². The van der Waals surface area contributed by atoms with Crippen LogP contribution in [0.3, 0.4) is 0 Å². The first-order valence-electron chi connectivity index (χ1n) is 9.29. The molecule has 0 saturated heterocycles. The van der Waals surface area contributed by atoms with Crippen molar-refractivity contribution in [2.45, 2.75) is 45.6 Å². The minimum Gasteiger partial charge on any atom is -0.466 e. The molecule has 0 spiro atoms. The molecule has 5 nitrogen and oxygen atoms in total. The van der Waals surface area contributed by atoms with Crippen molar-refractivity contribution in [2.75, 3.05) is 6.61 Å². The van der Waals surface area contributed by atoms with Gasteiger partial charge in [0, 0.05) is 4.91 Å². The van der Waals surface area contributed by atoms with Gasteiger partial charge in [-0.25, -0.2) is 0 Å². The zero-order chi connectivity index (χ0) is 19.7. The van der Waals surface area contributed by atoms with Crippen molar-refractivity contribution in [3.05, 3.63) is 82.2 Å². The molecule has 0 N–H and O–H groups in total. The summed E-state index contributed by atoms with van der Waals surface area (Å²) in [6.07, 6.45) is 1.24. The fourth-order valence-electron chi connectivity index (χ4n) is 3.35. The number of ether oxygens (including phenoxy) is 1. The van der Waals surface area contributed by atoms with Crippen LogP contribution in [0.2, 0.25) is 0 Å². The van der Waals surface area contributed by atoms with Crippen molar-refractivity contribution in [3.8, 4) is 0 Å². The van der Waals surface area contributed by atoms with Crippen molar-refractivity contribution >= 4 is 5.97 Å². The maximum atomic E-state index is 12.4. The van der Waals surface area contributed by atoms with Gasteiger partial charge in [-0.2, -0.15) is 0 Å². The highest BCUT2D eigenvalue weighted by Gasteiger charge is 2.34. The Hall–Kier alpha value is -2.78. The number of esters is 1. The lowest BCUT2D eigenvalue weighted by atomic mass is 9.77. The van der Waals surface area contributed by atoms with Crippen molar-refractivity contribution in [2.24, 2.45) is 10.5 Å². The molecule has 0 amide bonds. The average molecular weight is 365 g/mol. The molecular formula is C22H27N3O2. The van der Waals surface area contributed by atoms with E-state index >= 15 is 0 Å². The average Bonchev–Trinajstić information content (AvgIpc) is 2.68. The molecule has 2 atom stereocenters. The SMILES string of the molecule is CCOC(=O)C(C)(C)CC(CC(N=[N+]=[N-])c1ccccc1)c1ccccc1. The Labute approximate surface area is 161 Å². The summed E-state index contributed by atoms with van der Waals surface area (Å²) in [5, 5.41) is 4.04. The van der Waals surface area contributed by atoms with Gasteiger partial charge in [0.05, 0.1) is 18.1 Å². The lowest BCUT2D eigenvalue weighted by molar-refractivity contribution is -0.154. The molecule has 0 bridgehead atoms. The van der Waals surface area contributed by atoms with Crippen LogP contribution in [0.25, 0.3) is 10.4 Å². The fraction of sp³-hybridized carbons (Fsp3) is 0.409. The second-order valence-electron chi connectivity index (χ2n) is 7.28. The Morgan fingerprint density at radius 1 is 1.07 bits per heavy atom. The predicted molar refractivity (Wildman–Crippen MR) is 107 cm³/mol. The third kappa shape index (κ3) is 5.87. The van der Waals surface area contributed by atoms with E-state index in [1.165, 1.54) is 0 Å². The molecule has 0 fully saturated rings. The van der Waals surface area contributed by atoms with Gasteiger partial charge in [-0.1, -0.05) is 65.8 Å². The van der Waals surface area contributed by atoms with Crippen molar-refractivity contribution in [1.82, 2.24) is 0 Å². The number of carbonyl (C=O) groups is 1. The molecule has 0 aliphatic heterocycles. The van der Waals surface area contributed by atoms with E-state index in [1.54, 1.807) is 0 Å². The van der Waals surface area contributed by atoms with Crippen molar-refractivity contribution in [1.29, 1.82) is 0 Å². The van der Waals surface area contributed by atoms with Crippen molar-refractivity contribution in [3.63, 3.8) is 0 Å². The summed E-state index contributed by atoms with van der Waals surface area (Å²) < 4.78 is 5.26. The van der Waals surface area contributed by atoms with Crippen LogP contribution in [0.1, 0.15) is 56.7 Å². The quantitative estimate of drug-likeness (QED) is 0.230. The van der Waals surface area contributed by atoms with E-state index in [2.05, 4.69) is 22.2 Å². The molecule has 0 saturated carbocycles. The van der Waals surface area contributed by atoms with Crippen LogP contribution >= 0.6 is 0 Å². The second-order valence-corrected chi connectivity index (χ2v) is 7.28. The molecule has 0 aliphatic rings. The number of carbonyl (C=O) groups excluding carboxylic acids is 1. The topological polar surface area (TPSA) is 75.1 Å². The highest BCUT2D eigenvalue weighted by molar-refractivity contribution is 5.76.